The minimum atomic E-state index is -0.533. The fourth-order valence-electron chi connectivity index (χ4n) is 1.17. The topological polar surface area (TPSA) is 63.8 Å². The second-order valence-electron chi connectivity index (χ2n) is 3.42. The summed E-state index contributed by atoms with van der Waals surface area (Å²) in [5.74, 6) is 0. The summed E-state index contributed by atoms with van der Waals surface area (Å²) in [7, 11) is 1.89. The van der Waals surface area contributed by atoms with Crippen LogP contribution in [-0.2, 0) is 7.05 Å². The van der Waals surface area contributed by atoms with Gasteiger partial charge in [-0.05, 0) is 30.8 Å². The average Bonchev–Trinajstić information content (AvgIpc) is 2.65. The molecule has 5 nitrogen and oxygen atoms in total. The van der Waals surface area contributed by atoms with Crippen LogP contribution in [0.25, 0.3) is 0 Å². The van der Waals surface area contributed by atoms with Gasteiger partial charge in [0.05, 0.1) is 11.8 Å². The lowest BCUT2D eigenvalue weighted by Gasteiger charge is -2.04. The van der Waals surface area contributed by atoms with Gasteiger partial charge in [-0.3, -0.25) is 4.98 Å². The minimum absolute atomic E-state index is 0.533. The number of aliphatic hydroxyl groups is 1. The summed E-state index contributed by atoms with van der Waals surface area (Å²) in [6.07, 6.45) is 2.84. The number of aromatic nitrogens is 4. The first-order valence-corrected chi connectivity index (χ1v) is 5.64. The van der Waals surface area contributed by atoms with E-state index in [0.29, 0.717) is 5.69 Å². The molecule has 0 aliphatic rings. The molecule has 0 unspecified atom stereocenters. The average molecular weight is 236 g/mol. The highest BCUT2D eigenvalue weighted by Gasteiger charge is 2.05. The summed E-state index contributed by atoms with van der Waals surface area (Å²) in [6.45, 7) is 1.69. The van der Waals surface area contributed by atoms with Crippen LogP contribution >= 0.6 is 11.8 Å². The first kappa shape index (κ1) is 11.1. The molecule has 0 saturated carbocycles. The van der Waals surface area contributed by atoms with Crippen molar-refractivity contribution in [1.29, 1.82) is 0 Å². The summed E-state index contributed by atoms with van der Waals surface area (Å²) in [6, 6.07) is 3.72. The Balaban J connectivity index is 2.14. The summed E-state index contributed by atoms with van der Waals surface area (Å²) in [5, 5.41) is 17.9. The van der Waals surface area contributed by atoms with E-state index in [-0.39, 0.29) is 0 Å². The first-order chi connectivity index (χ1) is 7.66. The Morgan fingerprint density at radius 3 is 2.75 bits per heavy atom. The van der Waals surface area contributed by atoms with Gasteiger partial charge in [0.2, 0.25) is 0 Å². The third-order valence-corrected chi connectivity index (χ3v) is 3.10. The van der Waals surface area contributed by atoms with Gasteiger partial charge in [-0.15, -0.1) is 10.2 Å². The van der Waals surface area contributed by atoms with Crippen molar-refractivity contribution >= 4 is 11.8 Å². The van der Waals surface area contributed by atoms with Crippen molar-refractivity contribution in [3.63, 3.8) is 0 Å². The maximum Gasteiger partial charge on any atom is 0.195 e. The Hall–Kier alpha value is -1.40. The van der Waals surface area contributed by atoms with Crippen molar-refractivity contribution in [3.05, 3.63) is 30.4 Å². The summed E-state index contributed by atoms with van der Waals surface area (Å²) < 4.78 is 1.84. The molecule has 0 amide bonds. The van der Waals surface area contributed by atoms with E-state index >= 15 is 0 Å². The Morgan fingerprint density at radius 1 is 1.44 bits per heavy atom. The van der Waals surface area contributed by atoms with Crippen LogP contribution in [0.2, 0.25) is 0 Å². The Labute approximate surface area is 97.5 Å². The molecule has 2 aromatic rings. The largest absolute Gasteiger partial charge is 0.387 e. The van der Waals surface area contributed by atoms with Gasteiger partial charge in [0.15, 0.2) is 5.16 Å². The molecule has 16 heavy (non-hydrogen) atoms. The highest BCUT2D eigenvalue weighted by molar-refractivity contribution is 7.99. The van der Waals surface area contributed by atoms with Gasteiger partial charge in [-0.25, -0.2) is 0 Å². The zero-order valence-corrected chi connectivity index (χ0v) is 9.85. The molecular weight excluding hydrogens is 224 g/mol. The smallest absolute Gasteiger partial charge is 0.195 e. The first-order valence-electron chi connectivity index (χ1n) is 4.82. The van der Waals surface area contributed by atoms with Crippen LogP contribution in [0.1, 0.15) is 18.7 Å². The monoisotopic (exact) mass is 236 g/mol. The predicted octanol–water partition coefficient (Wildman–Crippen LogP) is 1.41. The maximum absolute atomic E-state index is 9.32. The molecule has 6 heteroatoms. The van der Waals surface area contributed by atoms with E-state index in [2.05, 4.69) is 15.2 Å². The summed E-state index contributed by atoms with van der Waals surface area (Å²) >= 11 is 1.49. The number of hydrogen-bond acceptors (Lipinski definition) is 5. The maximum atomic E-state index is 9.32. The van der Waals surface area contributed by atoms with Crippen molar-refractivity contribution in [2.24, 2.45) is 7.05 Å². The molecule has 0 radical (unpaired) electrons. The molecule has 84 valence electrons. The van der Waals surface area contributed by atoms with E-state index in [1.807, 2.05) is 23.7 Å². The van der Waals surface area contributed by atoms with Gasteiger partial charge in [-0.2, -0.15) is 0 Å². The predicted molar refractivity (Wildman–Crippen MR) is 60.0 cm³/mol. The third kappa shape index (κ3) is 2.40. The van der Waals surface area contributed by atoms with E-state index < -0.39 is 6.10 Å². The van der Waals surface area contributed by atoms with Gasteiger partial charge in [0.1, 0.15) is 6.33 Å². The van der Waals surface area contributed by atoms with Gasteiger partial charge < -0.3 is 9.67 Å². The Morgan fingerprint density at radius 2 is 2.25 bits per heavy atom. The van der Waals surface area contributed by atoms with E-state index in [9.17, 15) is 5.11 Å². The fraction of sp³-hybridized carbons (Fsp3) is 0.300. The molecule has 0 aliphatic carbocycles. The van der Waals surface area contributed by atoms with Crippen molar-refractivity contribution in [3.8, 4) is 0 Å². The lowest BCUT2D eigenvalue weighted by atomic mass is 10.2. The van der Waals surface area contributed by atoms with Crippen LogP contribution in [0.3, 0.4) is 0 Å². The fourth-order valence-corrected chi connectivity index (χ4v) is 1.90. The molecule has 0 saturated heterocycles. The zero-order chi connectivity index (χ0) is 11.5. The van der Waals surface area contributed by atoms with Gasteiger partial charge in [0.25, 0.3) is 0 Å². The van der Waals surface area contributed by atoms with Gasteiger partial charge >= 0.3 is 0 Å². The lowest BCUT2D eigenvalue weighted by molar-refractivity contribution is 0.194. The van der Waals surface area contributed by atoms with E-state index in [1.165, 1.54) is 11.8 Å². The molecule has 2 rings (SSSR count). The van der Waals surface area contributed by atoms with Crippen LogP contribution in [0, 0.1) is 0 Å². The van der Waals surface area contributed by atoms with E-state index in [1.54, 1.807) is 19.4 Å². The number of pyridine rings is 1. The summed E-state index contributed by atoms with van der Waals surface area (Å²) in [5.41, 5.74) is 0.669. The number of hydrogen-bond donors (Lipinski definition) is 1. The highest BCUT2D eigenvalue weighted by atomic mass is 32.2. The second-order valence-corrected chi connectivity index (χ2v) is 4.46. The minimum Gasteiger partial charge on any atom is -0.387 e. The molecule has 1 atom stereocenters. The van der Waals surface area contributed by atoms with Crippen molar-refractivity contribution in [2.75, 3.05) is 0 Å². The summed E-state index contributed by atoms with van der Waals surface area (Å²) in [4.78, 5) is 5.13. The number of aliphatic hydroxyl groups excluding tert-OH is 1. The van der Waals surface area contributed by atoms with Crippen LogP contribution < -0.4 is 0 Å². The van der Waals surface area contributed by atoms with Crippen molar-refractivity contribution in [1.82, 2.24) is 19.7 Å². The Bertz CT molecular complexity index is 466. The van der Waals surface area contributed by atoms with Crippen molar-refractivity contribution in [2.45, 2.75) is 23.1 Å². The van der Waals surface area contributed by atoms with E-state index in [4.69, 9.17) is 0 Å². The molecule has 0 bridgehead atoms. The lowest BCUT2D eigenvalue weighted by Crippen LogP contribution is -1.94. The molecule has 0 fully saturated rings. The van der Waals surface area contributed by atoms with E-state index in [0.717, 1.165) is 10.1 Å². The standard InChI is InChI=1S/C10H12N4OS/c1-7(15)9-4-3-8(5-11-9)16-10-13-12-6-14(10)2/h3-7,15H,1-2H3/t7-/m0/s1. The normalized spacial score (nSPS) is 12.7. The molecule has 0 aliphatic heterocycles. The highest BCUT2D eigenvalue weighted by Crippen LogP contribution is 2.25. The van der Waals surface area contributed by atoms with Crippen molar-refractivity contribution < 1.29 is 5.11 Å². The third-order valence-electron chi connectivity index (χ3n) is 2.07. The number of rotatable bonds is 3. The molecule has 0 spiro atoms. The molecular formula is C10H12N4OS. The van der Waals surface area contributed by atoms with Gasteiger partial charge in [-0.1, -0.05) is 0 Å². The van der Waals surface area contributed by atoms with Crippen LogP contribution in [0.4, 0.5) is 0 Å². The number of aryl methyl sites for hydroxylation is 1. The van der Waals surface area contributed by atoms with Crippen LogP contribution in [-0.4, -0.2) is 24.9 Å². The number of nitrogens with zero attached hydrogens (tertiary/aromatic N) is 4. The SMILES string of the molecule is C[C@H](O)c1ccc(Sc2nncn2C)cn1. The molecule has 2 heterocycles. The quantitative estimate of drug-likeness (QED) is 0.873. The molecule has 2 aromatic heterocycles. The molecule has 1 N–H and O–H groups in total. The zero-order valence-electron chi connectivity index (χ0n) is 9.03. The molecule has 0 aromatic carbocycles. The van der Waals surface area contributed by atoms with Crippen LogP contribution in [0.5, 0.6) is 0 Å². The van der Waals surface area contributed by atoms with Crippen LogP contribution in [0.15, 0.2) is 34.7 Å². The van der Waals surface area contributed by atoms with Gasteiger partial charge in [0, 0.05) is 18.1 Å². The second kappa shape index (κ2) is 4.63. The Kier molecular flexibility index (Phi) is 3.21.